The molecule has 2 heterocycles. The molecular formula is C18H21FN2O2S. The highest BCUT2D eigenvalue weighted by Crippen LogP contribution is 2.21. The van der Waals surface area contributed by atoms with Gasteiger partial charge in [-0.3, -0.25) is 9.69 Å². The molecule has 2 atom stereocenters. The Morgan fingerprint density at radius 3 is 2.88 bits per heavy atom. The van der Waals surface area contributed by atoms with Crippen molar-refractivity contribution in [2.75, 3.05) is 13.1 Å². The first-order valence-corrected chi connectivity index (χ1v) is 9.04. The molecule has 1 aliphatic rings. The van der Waals surface area contributed by atoms with Crippen molar-refractivity contribution < 1.29 is 14.3 Å². The fourth-order valence-corrected chi connectivity index (χ4v) is 3.74. The van der Waals surface area contributed by atoms with Crippen molar-refractivity contribution in [1.82, 2.24) is 10.2 Å². The third kappa shape index (κ3) is 4.20. The highest BCUT2D eigenvalue weighted by atomic mass is 32.1. The Labute approximate surface area is 144 Å². The molecule has 24 heavy (non-hydrogen) atoms. The van der Waals surface area contributed by atoms with E-state index in [1.807, 2.05) is 16.8 Å². The number of carbonyl (C=O) groups excluding carboxylic acids is 1. The molecule has 1 saturated heterocycles. The average Bonchev–Trinajstić information content (AvgIpc) is 3.26. The highest BCUT2D eigenvalue weighted by molar-refractivity contribution is 7.07. The van der Waals surface area contributed by atoms with Gasteiger partial charge in [-0.2, -0.15) is 11.3 Å². The van der Waals surface area contributed by atoms with Gasteiger partial charge in [-0.25, -0.2) is 4.39 Å². The molecule has 6 heteroatoms. The van der Waals surface area contributed by atoms with Crippen molar-refractivity contribution >= 4 is 17.2 Å². The number of thiophene rings is 1. The summed E-state index contributed by atoms with van der Waals surface area (Å²) in [7, 11) is 0. The molecule has 3 rings (SSSR count). The van der Waals surface area contributed by atoms with E-state index in [4.69, 9.17) is 0 Å². The van der Waals surface area contributed by atoms with Gasteiger partial charge in [0, 0.05) is 13.1 Å². The van der Waals surface area contributed by atoms with Crippen LogP contribution in [0.4, 0.5) is 4.39 Å². The number of aliphatic hydroxyl groups is 1. The number of rotatable bonds is 6. The van der Waals surface area contributed by atoms with Crippen molar-refractivity contribution in [3.63, 3.8) is 0 Å². The minimum atomic E-state index is -0.674. The van der Waals surface area contributed by atoms with Gasteiger partial charge in [0.1, 0.15) is 5.82 Å². The number of likely N-dealkylation sites (tertiary alicyclic amines) is 1. The zero-order valence-electron chi connectivity index (χ0n) is 13.3. The zero-order valence-corrected chi connectivity index (χ0v) is 14.1. The van der Waals surface area contributed by atoms with E-state index in [-0.39, 0.29) is 24.3 Å². The highest BCUT2D eigenvalue weighted by Gasteiger charge is 2.30. The Bertz CT molecular complexity index is 660. The standard InChI is InChI=1S/C18H21FN2O2S/c19-15-5-3-13(4-6-15)11-21-8-1-2-16(21)18(23)20-10-17(22)14-7-9-24-12-14/h3-7,9,12,16-17,22H,1-2,8,10-11H2,(H,20,23). The number of nitrogens with one attached hydrogen (secondary N) is 1. The molecule has 0 bridgehead atoms. The Morgan fingerprint density at radius 2 is 2.17 bits per heavy atom. The molecule has 2 unspecified atom stereocenters. The lowest BCUT2D eigenvalue weighted by Gasteiger charge is -2.24. The summed E-state index contributed by atoms with van der Waals surface area (Å²) in [6, 6.07) is 8.06. The van der Waals surface area contributed by atoms with E-state index >= 15 is 0 Å². The number of halogens is 1. The van der Waals surface area contributed by atoms with Gasteiger partial charge in [0.05, 0.1) is 12.1 Å². The largest absolute Gasteiger partial charge is 0.387 e. The summed E-state index contributed by atoms with van der Waals surface area (Å²) in [6.07, 6.45) is 1.10. The Kier molecular flexibility index (Phi) is 5.60. The Hall–Kier alpha value is -1.76. The molecule has 0 aliphatic carbocycles. The van der Waals surface area contributed by atoms with Crippen molar-refractivity contribution in [3.8, 4) is 0 Å². The summed E-state index contributed by atoms with van der Waals surface area (Å²) in [6.45, 7) is 1.70. The van der Waals surface area contributed by atoms with Crippen molar-refractivity contribution in [2.45, 2.75) is 31.5 Å². The van der Waals surface area contributed by atoms with Crippen LogP contribution in [0, 0.1) is 5.82 Å². The summed E-state index contributed by atoms with van der Waals surface area (Å²) in [4.78, 5) is 14.6. The molecule has 1 amide bonds. The van der Waals surface area contributed by atoms with Crippen molar-refractivity contribution in [3.05, 3.63) is 58.0 Å². The molecular weight excluding hydrogens is 327 g/mol. The second-order valence-corrected chi connectivity index (χ2v) is 6.85. The molecule has 0 spiro atoms. The van der Waals surface area contributed by atoms with E-state index < -0.39 is 6.10 Å². The Morgan fingerprint density at radius 1 is 1.38 bits per heavy atom. The first-order valence-electron chi connectivity index (χ1n) is 8.10. The second kappa shape index (κ2) is 7.88. The van der Waals surface area contributed by atoms with E-state index in [2.05, 4.69) is 10.2 Å². The summed E-state index contributed by atoms with van der Waals surface area (Å²) < 4.78 is 13.0. The van der Waals surface area contributed by atoms with Crippen molar-refractivity contribution in [1.29, 1.82) is 0 Å². The van der Waals surface area contributed by atoms with E-state index in [1.165, 1.54) is 23.5 Å². The summed E-state index contributed by atoms with van der Waals surface area (Å²) in [5.74, 6) is -0.305. The fraction of sp³-hybridized carbons (Fsp3) is 0.389. The van der Waals surface area contributed by atoms with Crippen LogP contribution in [-0.2, 0) is 11.3 Å². The number of carbonyl (C=O) groups is 1. The monoisotopic (exact) mass is 348 g/mol. The van der Waals surface area contributed by atoms with Crippen LogP contribution >= 0.6 is 11.3 Å². The number of hydrogen-bond donors (Lipinski definition) is 2. The molecule has 1 fully saturated rings. The molecule has 128 valence electrons. The smallest absolute Gasteiger partial charge is 0.237 e. The minimum Gasteiger partial charge on any atom is -0.387 e. The van der Waals surface area contributed by atoms with E-state index in [0.717, 1.165) is 30.5 Å². The van der Waals surface area contributed by atoms with E-state index in [9.17, 15) is 14.3 Å². The van der Waals surface area contributed by atoms with Crippen LogP contribution in [0.15, 0.2) is 41.1 Å². The van der Waals surface area contributed by atoms with Gasteiger partial charge in [-0.05, 0) is 59.5 Å². The fourth-order valence-electron chi connectivity index (χ4n) is 3.03. The molecule has 2 N–H and O–H groups in total. The van der Waals surface area contributed by atoms with Crippen LogP contribution in [0.25, 0.3) is 0 Å². The van der Waals surface area contributed by atoms with E-state index in [0.29, 0.717) is 6.54 Å². The maximum atomic E-state index is 13.0. The van der Waals surface area contributed by atoms with Crippen LogP contribution in [0.2, 0.25) is 0 Å². The Balaban J connectivity index is 1.54. The maximum absolute atomic E-state index is 13.0. The van der Waals surface area contributed by atoms with Crippen LogP contribution in [-0.4, -0.2) is 35.0 Å². The third-order valence-electron chi connectivity index (χ3n) is 4.36. The van der Waals surface area contributed by atoms with Gasteiger partial charge < -0.3 is 10.4 Å². The lowest BCUT2D eigenvalue weighted by Crippen LogP contribution is -2.44. The third-order valence-corrected chi connectivity index (χ3v) is 5.06. The molecule has 1 aromatic carbocycles. The number of amides is 1. The zero-order chi connectivity index (χ0) is 16.9. The predicted octanol–water partition coefficient (Wildman–Crippen LogP) is 2.70. The first kappa shape index (κ1) is 17.1. The van der Waals surface area contributed by atoms with E-state index in [1.54, 1.807) is 12.1 Å². The van der Waals surface area contributed by atoms with Crippen LogP contribution in [0.1, 0.15) is 30.1 Å². The number of benzene rings is 1. The molecule has 1 aromatic heterocycles. The maximum Gasteiger partial charge on any atom is 0.237 e. The molecule has 0 radical (unpaired) electrons. The molecule has 0 saturated carbocycles. The summed E-state index contributed by atoms with van der Waals surface area (Å²) in [5, 5.41) is 16.7. The quantitative estimate of drug-likeness (QED) is 0.844. The second-order valence-electron chi connectivity index (χ2n) is 6.07. The van der Waals surface area contributed by atoms with Gasteiger partial charge in [-0.15, -0.1) is 0 Å². The average molecular weight is 348 g/mol. The summed E-state index contributed by atoms with van der Waals surface area (Å²) in [5.41, 5.74) is 1.82. The molecule has 1 aliphatic heterocycles. The van der Waals surface area contributed by atoms with Crippen LogP contribution < -0.4 is 5.32 Å². The minimum absolute atomic E-state index is 0.0520. The summed E-state index contributed by atoms with van der Waals surface area (Å²) >= 11 is 1.52. The lowest BCUT2D eigenvalue weighted by atomic mass is 10.1. The SMILES string of the molecule is O=C(NCC(O)c1ccsc1)C1CCCN1Cc1ccc(F)cc1. The van der Waals surface area contributed by atoms with Gasteiger partial charge >= 0.3 is 0 Å². The predicted molar refractivity (Wildman–Crippen MR) is 92.1 cm³/mol. The van der Waals surface area contributed by atoms with Gasteiger partial charge in [0.15, 0.2) is 0 Å². The van der Waals surface area contributed by atoms with Gasteiger partial charge in [0.25, 0.3) is 0 Å². The van der Waals surface area contributed by atoms with Crippen molar-refractivity contribution in [2.24, 2.45) is 0 Å². The number of aliphatic hydroxyl groups excluding tert-OH is 1. The molecule has 2 aromatic rings. The van der Waals surface area contributed by atoms with Gasteiger partial charge in [0.2, 0.25) is 5.91 Å². The van der Waals surface area contributed by atoms with Crippen LogP contribution in [0.5, 0.6) is 0 Å². The number of hydrogen-bond acceptors (Lipinski definition) is 4. The first-order chi connectivity index (χ1) is 11.6. The number of nitrogens with zero attached hydrogens (tertiary/aromatic N) is 1. The lowest BCUT2D eigenvalue weighted by molar-refractivity contribution is -0.126. The van der Waals surface area contributed by atoms with Crippen LogP contribution in [0.3, 0.4) is 0 Å². The molecule has 4 nitrogen and oxygen atoms in total. The van der Waals surface area contributed by atoms with Gasteiger partial charge in [-0.1, -0.05) is 12.1 Å². The normalized spacial score (nSPS) is 19.3. The topological polar surface area (TPSA) is 52.6 Å².